The molecule has 0 unspecified atom stereocenters. The van der Waals surface area contributed by atoms with Gasteiger partial charge in [-0.25, -0.2) is 9.78 Å². The first kappa shape index (κ1) is 20.2. The minimum atomic E-state index is -0.950. The zero-order chi connectivity index (χ0) is 21.3. The molecule has 158 valence electrons. The van der Waals surface area contributed by atoms with Gasteiger partial charge in [0.1, 0.15) is 11.9 Å². The van der Waals surface area contributed by atoms with Crippen molar-refractivity contribution in [3.8, 4) is 0 Å². The number of hydrogen-bond acceptors (Lipinski definition) is 5. The first-order chi connectivity index (χ1) is 14.5. The van der Waals surface area contributed by atoms with E-state index >= 15 is 0 Å². The molecule has 2 N–H and O–H groups in total. The minimum Gasteiger partial charge on any atom is -0.478 e. The van der Waals surface area contributed by atoms with Crippen LogP contribution in [0.3, 0.4) is 0 Å². The largest absolute Gasteiger partial charge is 0.478 e. The van der Waals surface area contributed by atoms with Crippen LogP contribution in [0.1, 0.15) is 55.8 Å². The zero-order valence-electron chi connectivity index (χ0n) is 17.5. The number of pyridine rings is 1. The summed E-state index contributed by atoms with van der Waals surface area (Å²) >= 11 is 0. The van der Waals surface area contributed by atoms with Gasteiger partial charge in [0.15, 0.2) is 5.82 Å². The number of anilines is 4. The third-order valence-corrected chi connectivity index (χ3v) is 6.19. The molecule has 2 aromatic rings. The first-order valence-corrected chi connectivity index (χ1v) is 10.6. The van der Waals surface area contributed by atoms with Crippen molar-refractivity contribution < 1.29 is 14.7 Å². The molecule has 1 amide bonds. The molecule has 1 atom stereocenters. The Morgan fingerprint density at radius 2 is 1.73 bits per heavy atom. The van der Waals surface area contributed by atoms with Crippen LogP contribution in [-0.4, -0.2) is 41.1 Å². The molecule has 0 saturated heterocycles. The number of nitrogens with one attached hydrogen (secondary N) is 1. The fraction of sp³-hybridized carbons (Fsp3) is 0.435. The number of carboxylic acid groups (broad SMARTS) is 1. The van der Waals surface area contributed by atoms with Crippen LogP contribution in [0.4, 0.5) is 23.0 Å². The van der Waals surface area contributed by atoms with E-state index in [9.17, 15) is 9.59 Å². The second kappa shape index (κ2) is 8.34. The molecule has 2 heterocycles. The maximum absolute atomic E-state index is 12.9. The second-order valence-corrected chi connectivity index (χ2v) is 8.17. The highest BCUT2D eigenvalue weighted by atomic mass is 16.4. The predicted molar refractivity (Wildman–Crippen MR) is 118 cm³/mol. The van der Waals surface area contributed by atoms with E-state index in [1.165, 1.54) is 25.7 Å². The number of benzene rings is 1. The Balaban J connectivity index is 1.66. The molecule has 1 saturated carbocycles. The summed E-state index contributed by atoms with van der Waals surface area (Å²) < 4.78 is 0. The van der Waals surface area contributed by atoms with E-state index in [-0.39, 0.29) is 17.5 Å². The summed E-state index contributed by atoms with van der Waals surface area (Å²) in [6, 6.07) is 10.4. The van der Waals surface area contributed by atoms with Gasteiger partial charge in [-0.3, -0.25) is 4.79 Å². The fourth-order valence-electron chi connectivity index (χ4n) is 4.53. The standard InChI is InChI=1S/C23H28N4O3/c1-15-22(28)26(2)19-13-14-20(24-17-11-9-16(10-12-17)23(29)30)25-21(19)27(15)18-7-5-3-4-6-8-18/h9-15,18H,3-8H2,1-2H3,(H,24,25)(H,29,30)/t15-/m1/s1. The summed E-state index contributed by atoms with van der Waals surface area (Å²) in [6.45, 7) is 1.97. The lowest BCUT2D eigenvalue weighted by molar-refractivity contribution is -0.119. The molecule has 4 rings (SSSR count). The number of rotatable bonds is 4. The molecular formula is C23H28N4O3. The number of carboxylic acids is 1. The molecule has 0 bridgehead atoms. The highest BCUT2D eigenvalue weighted by Crippen LogP contribution is 2.39. The average Bonchev–Trinajstić information content (AvgIpc) is 3.02. The molecule has 7 heteroatoms. The fourth-order valence-corrected chi connectivity index (χ4v) is 4.53. The lowest BCUT2D eigenvalue weighted by Gasteiger charge is -2.43. The highest BCUT2D eigenvalue weighted by Gasteiger charge is 2.38. The first-order valence-electron chi connectivity index (χ1n) is 10.6. The van der Waals surface area contributed by atoms with Crippen LogP contribution >= 0.6 is 0 Å². The van der Waals surface area contributed by atoms with Gasteiger partial charge in [-0.1, -0.05) is 25.7 Å². The molecule has 1 fully saturated rings. The summed E-state index contributed by atoms with van der Waals surface area (Å²) in [6.07, 6.45) is 7.03. The van der Waals surface area contributed by atoms with E-state index in [0.717, 1.165) is 30.0 Å². The Morgan fingerprint density at radius 3 is 2.37 bits per heavy atom. The molecular weight excluding hydrogens is 380 g/mol. The number of carbonyl (C=O) groups is 2. The Kier molecular flexibility index (Phi) is 5.61. The van der Waals surface area contributed by atoms with Gasteiger partial charge in [0.2, 0.25) is 5.91 Å². The molecule has 1 aliphatic heterocycles. The van der Waals surface area contributed by atoms with E-state index in [4.69, 9.17) is 10.1 Å². The number of aromatic carboxylic acids is 1. The van der Waals surface area contributed by atoms with Gasteiger partial charge in [-0.15, -0.1) is 0 Å². The SMILES string of the molecule is C[C@@H]1C(=O)N(C)c2ccc(Nc3ccc(C(=O)O)cc3)nc2N1C1CCCCCC1. The smallest absolute Gasteiger partial charge is 0.335 e. The third-order valence-electron chi connectivity index (χ3n) is 6.19. The zero-order valence-corrected chi connectivity index (χ0v) is 17.5. The third kappa shape index (κ3) is 3.84. The van der Waals surface area contributed by atoms with Crippen molar-refractivity contribution in [3.05, 3.63) is 42.0 Å². The second-order valence-electron chi connectivity index (χ2n) is 8.17. The van der Waals surface area contributed by atoms with Gasteiger partial charge in [-0.2, -0.15) is 0 Å². The number of amides is 1. The van der Waals surface area contributed by atoms with Gasteiger partial charge in [0.25, 0.3) is 0 Å². The van der Waals surface area contributed by atoms with Gasteiger partial charge in [0.05, 0.1) is 11.3 Å². The number of hydrogen-bond donors (Lipinski definition) is 2. The summed E-state index contributed by atoms with van der Waals surface area (Å²) in [5.41, 5.74) is 1.84. The number of aromatic nitrogens is 1. The molecule has 1 aliphatic carbocycles. The summed E-state index contributed by atoms with van der Waals surface area (Å²) in [7, 11) is 1.81. The number of likely N-dealkylation sites (N-methyl/N-ethyl adjacent to an activating group) is 1. The summed E-state index contributed by atoms with van der Waals surface area (Å²) in [5.74, 6) is 0.654. The van der Waals surface area contributed by atoms with Crippen molar-refractivity contribution in [2.75, 3.05) is 22.2 Å². The maximum Gasteiger partial charge on any atom is 0.335 e. The Morgan fingerprint density at radius 1 is 1.07 bits per heavy atom. The molecule has 1 aromatic heterocycles. The van der Waals surface area contributed by atoms with Crippen molar-refractivity contribution in [2.45, 2.75) is 57.5 Å². The van der Waals surface area contributed by atoms with Crippen LogP contribution in [0, 0.1) is 0 Å². The number of fused-ring (bicyclic) bond motifs is 1. The maximum atomic E-state index is 12.9. The van der Waals surface area contributed by atoms with Crippen molar-refractivity contribution in [3.63, 3.8) is 0 Å². The molecule has 0 radical (unpaired) electrons. The van der Waals surface area contributed by atoms with Crippen molar-refractivity contribution >= 4 is 34.9 Å². The Hall–Kier alpha value is -3.09. The van der Waals surface area contributed by atoms with Crippen molar-refractivity contribution in [1.82, 2.24) is 4.98 Å². The van der Waals surface area contributed by atoms with E-state index in [1.54, 1.807) is 29.2 Å². The van der Waals surface area contributed by atoms with Gasteiger partial charge in [0, 0.05) is 18.8 Å². The lowest BCUT2D eigenvalue weighted by Crippen LogP contribution is -2.55. The lowest BCUT2D eigenvalue weighted by atomic mass is 10.0. The van der Waals surface area contributed by atoms with Crippen LogP contribution < -0.4 is 15.1 Å². The van der Waals surface area contributed by atoms with E-state index < -0.39 is 5.97 Å². The quantitative estimate of drug-likeness (QED) is 0.729. The molecule has 1 aromatic carbocycles. The van der Waals surface area contributed by atoms with Crippen LogP contribution in [0.5, 0.6) is 0 Å². The monoisotopic (exact) mass is 408 g/mol. The molecule has 30 heavy (non-hydrogen) atoms. The topological polar surface area (TPSA) is 85.8 Å². The number of nitrogens with zero attached hydrogens (tertiary/aromatic N) is 3. The van der Waals surface area contributed by atoms with Crippen molar-refractivity contribution in [2.24, 2.45) is 0 Å². The average molecular weight is 409 g/mol. The van der Waals surface area contributed by atoms with Crippen molar-refractivity contribution in [1.29, 1.82) is 0 Å². The van der Waals surface area contributed by atoms with E-state index in [2.05, 4.69) is 10.2 Å². The van der Waals surface area contributed by atoms with Gasteiger partial charge < -0.3 is 20.2 Å². The van der Waals surface area contributed by atoms with Gasteiger partial charge >= 0.3 is 5.97 Å². The van der Waals surface area contributed by atoms with Crippen LogP contribution in [0.25, 0.3) is 0 Å². The summed E-state index contributed by atoms with van der Waals surface area (Å²) in [5, 5.41) is 12.3. The van der Waals surface area contributed by atoms with Gasteiger partial charge in [-0.05, 0) is 56.2 Å². The Labute approximate surface area is 176 Å². The van der Waals surface area contributed by atoms with E-state index in [0.29, 0.717) is 11.9 Å². The summed E-state index contributed by atoms with van der Waals surface area (Å²) in [4.78, 5) is 32.8. The Bertz CT molecular complexity index is 936. The highest BCUT2D eigenvalue weighted by molar-refractivity contribution is 6.04. The van der Waals surface area contributed by atoms with Crippen LogP contribution in [-0.2, 0) is 4.79 Å². The van der Waals surface area contributed by atoms with Crippen LogP contribution in [0.2, 0.25) is 0 Å². The van der Waals surface area contributed by atoms with Crippen LogP contribution in [0.15, 0.2) is 36.4 Å². The molecule has 2 aliphatic rings. The number of carbonyl (C=O) groups excluding carboxylic acids is 1. The minimum absolute atomic E-state index is 0.0958. The van der Waals surface area contributed by atoms with E-state index in [1.807, 2.05) is 26.1 Å². The predicted octanol–water partition coefficient (Wildman–Crippen LogP) is 4.42. The normalized spacial score (nSPS) is 19.9. The molecule has 0 spiro atoms. The molecule has 7 nitrogen and oxygen atoms in total.